The average Bonchev–Trinajstić information content (AvgIpc) is 2.65. The number of halogens is 1. The van der Waals surface area contributed by atoms with Gasteiger partial charge in [-0.2, -0.15) is 0 Å². The van der Waals surface area contributed by atoms with Crippen molar-refractivity contribution in [1.82, 2.24) is 4.90 Å². The van der Waals surface area contributed by atoms with Crippen LogP contribution in [-0.4, -0.2) is 28.7 Å². The van der Waals surface area contributed by atoms with Crippen LogP contribution < -0.4 is 0 Å². The molecule has 0 saturated heterocycles. The van der Waals surface area contributed by atoms with Crippen LogP contribution in [0.15, 0.2) is 46.9 Å². The SMILES string of the molecule is Cc1cc(-c2c([N+](=O)[O-])cc3c4c(cccc24)C(=O)N(C)C3=O)ccc1Br. The first-order chi connectivity index (χ1) is 12.8. The fraction of sp³-hybridized carbons (Fsp3) is 0.100. The van der Waals surface area contributed by atoms with Crippen molar-refractivity contribution >= 4 is 44.2 Å². The molecule has 134 valence electrons. The van der Waals surface area contributed by atoms with E-state index in [-0.39, 0.29) is 11.3 Å². The molecule has 0 bridgehead atoms. The van der Waals surface area contributed by atoms with Gasteiger partial charge in [-0.25, -0.2) is 0 Å². The van der Waals surface area contributed by atoms with Crippen LogP contribution in [0.2, 0.25) is 0 Å². The zero-order valence-electron chi connectivity index (χ0n) is 14.4. The van der Waals surface area contributed by atoms with E-state index in [1.165, 1.54) is 13.1 Å². The fourth-order valence-electron chi connectivity index (χ4n) is 3.52. The van der Waals surface area contributed by atoms with Crippen LogP contribution in [0.5, 0.6) is 0 Å². The van der Waals surface area contributed by atoms with E-state index in [9.17, 15) is 19.7 Å². The number of hydrogen-bond donors (Lipinski definition) is 0. The number of benzene rings is 3. The molecule has 1 aliphatic heterocycles. The summed E-state index contributed by atoms with van der Waals surface area (Å²) in [5.74, 6) is -0.949. The number of rotatable bonds is 2. The van der Waals surface area contributed by atoms with E-state index in [0.29, 0.717) is 27.5 Å². The highest BCUT2D eigenvalue weighted by atomic mass is 79.9. The smallest absolute Gasteiger partial charge is 0.277 e. The monoisotopic (exact) mass is 424 g/mol. The Labute approximate surface area is 162 Å². The van der Waals surface area contributed by atoms with Crippen molar-refractivity contribution in [3.63, 3.8) is 0 Å². The molecule has 0 saturated carbocycles. The lowest BCUT2D eigenvalue weighted by Crippen LogP contribution is -2.37. The molecule has 1 heterocycles. The summed E-state index contributed by atoms with van der Waals surface area (Å²) in [5.41, 5.74) is 2.37. The second-order valence-corrected chi connectivity index (χ2v) is 7.29. The Bertz CT molecular complexity index is 1190. The summed E-state index contributed by atoms with van der Waals surface area (Å²) < 4.78 is 0.892. The normalized spacial score (nSPS) is 13.4. The fourth-order valence-corrected chi connectivity index (χ4v) is 3.76. The first-order valence-electron chi connectivity index (χ1n) is 8.14. The van der Waals surface area contributed by atoms with Gasteiger partial charge in [0, 0.05) is 28.5 Å². The van der Waals surface area contributed by atoms with Gasteiger partial charge in [0.1, 0.15) is 0 Å². The van der Waals surface area contributed by atoms with E-state index < -0.39 is 16.7 Å². The summed E-state index contributed by atoms with van der Waals surface area (Å²) in [6.45, 7) is 1.90. The van der Waals surface area contributed by atoms with Crippen molar-refractivity contribution in [1.29, 1.82) is 0 Å². The molecule has 0 N–H and O–H groups in total. The highest BCUT2D eigenvalue weighted by Gasteiger charge is 2.34. The van der Waals surface area contributed by atoms with E-state index in [1.54, 1.807) is 24.3 Å². The number of amides is 2. The number of nitro groups is 1. The molecular formula is C20H13BrN2O4. The highest BCUT2D eigenvalue weighted by molar-refractivity contribution is 9.10. The van der Waals surface area contributed by atoms with Crippen molar-refractivity contribution in [3.8, 4) is 11.1 Å². The number of nitro benzene ring substituents is 1. The Morgan fingerprint density at radius 2 is 1.74 bits per heavy atom. The van der Waals surface area contributed by atoms with E-state index >= 15 is 0 Å². The second kappa shape index (κ2) is 5.99. The maximum Gasteiger partial charge on any atom is 0.278 e. The van der Waals surface area contributed by atoms with Gasteiger partial charge >= 0.3 is 0 Å². The van der Waals surface area contributed by atoms with Gasteiger partial charge in [0.05, 0.1) is 16.1 Å². The van der Waals surface area contributed by atoms with Gasteiger partial charge < -0.3 is 0 Å². The average molecular weight is 425 g/mol. The molecule has 0 fully saturated rings. The number of hydrogen-bond acceptors (Lipinski definition) is 4. The predicted octanol–water partition coefficient (Wildman–Crippen LogP) is 4.71. The number of carbonyl (C=O) groups is 2. The van der Waals surface area contributed by atoms with Crippen molar-refractivity contribution in [2.75, 3.05) is 7.05 Å². The molecule has 0 unspecified atom stereocenters. The van der Waals surface area contributed by atoms with Crippen LogP contribution in [0.1, 0.15) is 26.3 Å². The van der Waals surface area contributed by atoms with Gasteiger partial charge in [0.15, 0.2) is 0 Å². The standard InChI is InChI=1S/C20H13BrN2O4/c1-10-8-11(6-7-15(10)21)17-12-4-3-5-13-18(12)14(9-16(17)23(26)27)20(25)22(2)19(13)24/h3-9H,1-2H3. The lowest BCUT2D eigenvalue weighted by molar-refractivity contribution is -0.384. The van der Waals surface area contributed by atoms with Gasteiger partial charge in [-0.15, -0.1) is 0 Å². The van der Waals surface area contributed by atoms with Gasteiger partial charge in [0.2, 0.25) is 0 Å². The van der Waals surface area contributed by atoms with Crippen LogP contribution in [0, 0.1) is 17.0 Å². The number of aryl methyl sites for hydroxylation is 1. The number of nitrogens with zero attached hydrogens (tertiary/aromatic N) is 2. The minimum Gasteiger partial charge on any atom is -0.277 e. The van der Waals surface area contributed by atoms with E-state index in [2.05, 4.69) is 15.9 Å². The molecular weight excluding hydrogens is 412 g/mol. The topological polar surface area (TPSA) is 80.5 Å². The molecule has 0 radical (unpaired) electrons. The third-order valence-corrected chi connectivity index (χ3v) is 5.74. The summed E-state index contributed by atoms with van der Waals surface area (Å²) in [6.07, 6.45) is 0. The van der Waals surface area contributed by atoms with Crippen molar-refractivity contribution < 1.29 is 14.5 Å². The minimum absolute atomic E-state index is 0.160. The maximum atomic E-state index is 12.6. The van der Waals surface area contributed by atoms with Crippen molar-refractivity contribution in [2.45, 2.75) is 6.92 Å². The zero-order chi connectivity index (χ0) is 19.5. The minimum atomic E-state index is -0.537. The molecule has 4 rings (SSSR count). The quantitative estimate of drug-likeness (QED) is 0.338. The van der Waals surface area contributed by atoms with Crippen LogP contribution >= 0.6 is 15.9 Å². The number of imide groups is 1. The molecule has 3 aromatic rings. The molecule has 0 spiro atoms. The molecule has 1 aliphatic rings. The Kier molecular flexibility index (Phi) is 3.85. The van der Waals surface area contributed by atoms with Crippen LogP contribution in [0.3, 0.4) is 0 Å². The molecule has 0 aliphatic carbocycles. The lowest BCUT2D eigenvalue weighted by atomic mass is 9.88. The molecule has 3 aromatic carbocycles. The predicted molar refractivity (Wildman–Crippen MR) is 105 cm³/mol. The van der Waals surface area contributed by atoms with Gasteiger partial charge in [-0.3, -0.25) is 24.6 Å². The summed E-state index contributed by atoms with van der Waals surface area (Å²) >= 11 is 3.44. The molecule has 7 heteroatoms. The largest absolute Gasteiger partial charge is 0.278 e. The van der Waals surface area contributed by atoms with Crippen molar-refractivity contribution in [2.24, 2.45) is 0 Å². The molecule has 0 aromatic heterocycles. The zero-order valence-corrected chi connectivity index (χ0v) is 16.0. The van der Waals surface area contributed by atoms with E-state index in [1.807, 2.05) is 19.1 Å². The Morgan fingerprint density at radius 3 is 2.41 bits per heavy atom. The highest BCUT2D eigenvalue weighted by Crippen LogP contribution is 2.42. The number of carbonyl (C=O) groups excluding carboxylic acids is 2. The van der Waals surface area contributed by atoms with E-state index in [4.69, 9.17) is 0 Å². The van der Waals surface area contributed by atoms with Crippen LogP contribution in [0.25, 0.3) is 21.9 Å². The Hall–Kier alpha value is -3.06. The third-order valence-electron chi connectivity index (χ3n) is 4.85. The summed E-state index contributed by atoms with van der Waals surface area (Å²) in [4.78, 5) is 37.5. The second-order valence-electron chi connectivity index (χ2n) is 6.44. The Morgan fingerprint density at radius 1 is 1.04 bits per heavy atom. The summed E-state index contributed by atoms with van der Waals surface area (Å²) in [6, 6.07) is 11.8. The van der Waals surface area contributed by atoms with Gasteiger partial charge in [0.25, 0.3) is 17.5 Å². The maximum absolute atomic E-state index is 12.6. The van der Waals surface area contributed by atoms with Gasteiger partial charge in [-0.05, 0) is 35.6 Å². The summed E-state index contributed by atoms with van der Waals surface area (Å²) in [5, 5.41) is 12.8. The summed E-state index contributed by atoms with van der Waals surface area (Å²) in [7, 11) is 1.38. The lowest BCUT2D eigenvalue weighted by Gasteiger charge is -2.24. The van der Waals surface area contributed by atoms with Crippen LogP contribution in [0.4, 0.5) is 5.69 Å². The van der Waals surface area contributed by atoms with Crippen LogP contribution in [-0.2, 0) is 0 Å². The molecule has 27 heavy (non-hydrogen) atoms. The van der Waals surface area contributed by atoms with E-state index in [0.717, 1.165) is 14.9 Å². The van der Waals surface area contributed by atoms with Gasteiger partial charge in [-0.1, -0.05) is 40.2 Å². The Balaban J connectivity index is 2.19. The first-order valence-corrected chi connectivity index (χ1v) is 8.93. The van der Waals surface area contributed by atoms with Crippen molar-refractivity contribution in [3.05, 3.63) is 73.7 Å². The third kappa shape index (κ3) is 2.46. The molecule has 0 atom stereocenters. The first kappa shape index (κ1) is 17.4. The molecule has 6 nitrogen and oxygen atoms in total. The molecule has 2 amide bonds.